The predicted octanol–water partition coefficient (Wildman–Crippen LogP) is 0.834. The molecule has 0 saturated carbocycles. The number of carbonyl (C=O) groups excluding carboxylic acids is 1. The number of carbonyl (C=O) groups is 1. The molecule has 9 heteroatoms. The summed E-state index contributed by atoms with van der Waals surface area (Å²) in [6, 6.07) is 4.14. The first-order valence-electron chi connectivity index (χ1n) is 9.12. The maximum absolute atomic E-state index is 12.5. The second-order valence-electron chi connectivity index (χ2n) is 6.71. The first kappa shape index (κ1) is 21.6. The number of morpholine rings is 1. The maximum atomic E-state index is 12.5. The molecule has 1 amide bonds. The zero-order valence-corrected chi connectivity index (χ0v) is 17.0. The average Bonchev–Trinajstić information content (AvgIpc) is 2.64. The van der Waals surface area contributed by atoms with Crippen LogP contribution in [0, 0.1) is 0 Å². The van der Waals surface area contributed by atoms with Gasteiger partial charge in [-0.3, -0.25) is 9.69 Å². The van der Waals surface area contributed by atoms with Gasteiger partial charge in [-0.05, 0) is 45.0 Å². The van der Waals surface area contributed by atoms with Crippen LogP contribution in [0.3, 0.4) is 0 Å². The van der Waals surface area contributed by atoms with Crippen LogP contribution in [0.4, 0.5) is 0 Å². The number of nitrogens with zero attached hydrogens (tertiary/aromatic N) is 1. The van der Waals surface area contributed by atoms with Crippen LogP contribution in [-0.4, -0.2) is 71.8 Å². The molecular weight excluding hydrogens is 370 g/mol. The smallest absolute Gasteiger partial charge is 0.251 e. The standard InChI is InChI=1S/C18H29N3O5S/c1-14(2)20-27(23,24)17-13-15(5-6-16(17)25-3)18(22)19-7-4-8-21-9-11-26-12-10-21/h5-6,13-14,20H,4,7-12H2,1-3H3,(H,19,22). The number of sulfonamides is 1. The molecule has 1 aliphatic rings. The lowest BCUT2D eigenvalue weighted by atomic mass is 10.2. The Morgan fingerprint density at radius 1 is 1.30 bits per heavy atom. The second kappa shape index (κ2) is 10.0. The van der Waals surface area contributed by atoms with Crippen LogP contribution in [0.15, 0.2) is 23.1 Å². The van der Waals surface area contributed by atoms with E-state index in [9.17, 15) is 13.2 Å². The van der Waals surface area contributed by atoms with E-state index in [1.54, 1.807) is 19.9 Å². The SMILES string of the molecule is COc1ccc(C(=O)NCCCN2CCOCC2)cc1S(=O)(=O)NC(C)C. The van der Waals surface area contributed by atoms with Crippen molar-refractivity contribution in [1.82, 2.24) is 14.9 Å². The molecule has 1 heterocycles. The minimum Gasteiger partial charge on any atom is -0.495 e. The fourth-order valence-electron chi connectivity index (χ4n) is 2.83. The molecule has 152 valence electrons. The van der Waals surface area contributed by atoms with E-state index >= 15 is 0 Å². The van der Waals surface area contributed by atoms with E-state index in [-0.39, 0.29) is 28.2 Å². The Morgan fingerprint density at radius 3 is 2.63 bits per heavy atom. The Morgan fingerprint density at radius 2 is 2.00 bits per heavy atom. The third-order valence-electron chi connectivity index (χ3n) is 4.15. The van der Waals surface area contributed by atoms with Crippen LogP contribution >= 0.6 is 0 Å². The molecule has 1 aromatic rings. The van der Waals surface area contributed by atoms with Gasteiger partial charge in [0.25, 0.3) is 5.91 Å². The summed E-state index contributed by atoms with van der Waals surface area (Å²) >= 11 is 0. The van der Waals surface area contributed by atoms with Crippen LogP contribution in [0.5, 0.6) is 5.75 Å². The number of hydrogen-bond donors (Lipinski definition) is 2. The number of amides is 1. The monoisotopic (exact) mass is 399 g/mol. The molecule has 0 radical (unpaired) electrons. The number of rotatable bonds is 9. The van der Waals surface area contributed by atoms with Crippen molar-refractivity contribution in [2.45, 2.75) is 31.2 Å². The first-order valence-corrected chi connectivity index (χ1v) is 10.6. The summed E-state index contributed by atoms with van der Waals surface area (Å²) in [7, 11) is -2.37. The lowest BCUT2D eigenvalue weighted by Crippen LogP contribution is -2.38. The molecule has 0 aromatic heterocycles. The van der Waals surface area contributed by atoms with E-state index in [1.807, 2.05) is 0 Å². The first-order chi connectivity index (χ1) is 12.8. The summed E-state index contributed by atoms with van der Waals surface area (Å²) < 4.78 is 38.0. The van der Waals surface area contributed by atoms with Gasteiger partial charge < -0.3 is 14.8 Å². The van der Waals surface area contributed by atoms with E-state index in [2.05, 4.69) is 14.9 Å². The van der Waals surface area contributed by atoms with Crippen LogP contribution in [0.2, 0.25) is 0 Å². The van der Waals surface area contributed by atoms with Gasteiger partial charge in [0.2, 0.25) is 10.0 Å². The Labute approximate surface area is 161 Å². The van der Waals surface area contributed by atoms with Crippen molar-refractivity contribution in [2.24, 2.45) is 0 Å². The van der Waals surface area contributed by atoms with E-state index in [0.29, 0.717) is 6.54 Å². The van der Waals surface area contributed by atoms with Gasteiger partial charge in [0.1, 0.15) is 10.6 Å². The second-order valence-corrected chi connectivity index (χ2v) is 8.39. The molecule has 0 unspecified atom stereocenters. The minimum atomic E-state index is -3.77. The fraction of sp³-hybridized carbons (Fsp3) is 0.611. The van der Waals surface area contributed by atoms with Gasteiger partial charge in [0.15, 0.2) is 0 Å². The molecule has 0 bridgehead atoms. The summed E-state index contributed by atoms with van der Waals surface area (Å²) in [5.74, 6) is -0.104. The predicted molar refractivity (Wildman–Crippen MR) is 103 cm³/mol. The highest BCUT2D eigenvalue weighted by Crippen LogP contribution is 2.25. The summed E-state index contributed by atoms with van der Waals surface area (Å²) in [5, 5.41) is 2.84. The number of ether oxygens (including phenoxy) is 2. The van der Waals surface area contributed by atoms with Crippen molar-refractivity contribution in [2.75, 3.05) is 46.5 Å². The zero-order valence-electron chi connectivity index (χ0n) is 16.2. The Bertz CT molecular complexity index is 731. The van der Waals surface area contributed by atoms with Crippen molar-refractivity contribution in [3.63, 3.8) is 0 Å². The molecular formula is C18H29N3O5S. The maximum Gasteiger partial charge on any atom is 0.251 e. The fourth-order valence-corrected chi connectivity index (χ4v) is 4.28. The van der Waals surface area contributed by atoms with Crippen molar-refractivity contribution < 1.29 is 22.7 Å². The zero-order chi connectivity index (χ0) is 19.9. The van der Waals surface area contributed by atoms with Gasteiger partial charge in [-0.1, -0.05) is 0 Å². The lowest BCUT2D eigenvalue weighted by Gasteiger charge is -2.26. The summed E-state index contributed by atoms with van der Waals surface area (Å²) in [5.41, 5.74) is 0.284. The molecule has 1 aliphatic heterocycles. The molecule has 1 aromatic carbocycles. The third kappa shape index (κ3) is 6.46. The molecule has 8 nitrogen and oxygen atoms in total. The Balaban J connectivity index is 1.98. The minimum absolute atomic E-state index is 0.0420. The van der Waals surface area contributed by atoms with Crippen LogP contribution < -0.4 is 14.8 Å². The van der Waals surface area contributed by atoms with Crippen molar-refractivity contribution in [3.05, 3.63) is 23.8 Å². The molecule has 2 rings (SSSR count). The quantitative estimate of drug-likeness (QED) is 0.597. The van der Waals surface area contributed by atoms with Crippen LogP contribution in [0.25, 0.3) is 0 Å². The van der Waals surface area contributed by atoms with E-state index in [0.717, 1.165) is 39.3 Å². The third-order valence-corrected chi connectivity index (χ3v) is 5.83. The van der Waals surface area contributed by atoms with Gasteiger partial charge in [-0.2, -0.15) is 0 Å². The highest BCUT2D eigenvalue weighted by Gasteiger charge is 2.22. The normalized spacial score (nSPS) is 15.7. The Kier molecular flexibility index (Phi) is 8.03. The number of benzene rings is 1. The summed E-state index contributed by atoms with van der Waals surface area (Å²) in [4.78, 5) is 14.7. The van der Waals surface area contributed by atoms with E-state index in [1.165, 1.54) is 19.2 Å². The lowest BCUT2D eigenvalue weighted by molar-refractivity contribution is 0.0374. The average molecular weight is 400 g/mol. The van der Waals surface area contributed by atoms with Gasteiger partial charge in [0, 0.05) is 31.2 Å². The summed E-state index contributed by atoms with van der Waals surface area (Å²) in [6.45, 7) is 8.20. The van der Waals surface area contributed by atoms with Crippen LogP contribution in [-0.2, 0) is 14.8 Å². The van der Waals surface area contributed by atoms with E-state index in [4.69, 9.17) is 9.47 Å². The van der Waals surface area contributed by atoms with Gasteiger partial charge in [0.05, 0.1) is 20.3 Å². The highest BCUT2D eigenvalue weighted by molar-refractivity contribution is 7.89. The van der Waals surface area contributed by atoms with Gasteiger partial charge in [-0.15, -0.1) is 0 Å². The number of hydrogen-bond acceptors (Lipinski definition) is 6. The van der Waals surface area contributed by atoms with Gasteiger partial charge in [-0.25, -0.2) is 13.1 Å². The van der Waals surface area contributed by atoms with Crippen LogP contribution in [0.1, 0.15) is 30.6 Å². The molecule has 0 atom stereocenters. The van der Waals surface area contributed by atoms with Gasteiger partial charge >= 0.3 is 0 Å². The van der Waals surface area contributed by atoms with E-state index < -0.39 is 10.0 Å². The Hall–Kier alpha value is -1.68. The molecule has 27 heavy (non-hydrogen) atoms. The van der Waals surface area contributed by atoms with Crippen molar-refractivity contribution >= 4 is 15.9 Å². The molecule has 1 saturated heterocycles. The largest absolute Gasteiger partial charge is 0.495 e. The molecule has 0 spiro atoms. The molecule has 2 N–H and O–H groups in total. The highest BCUT2D eigenvalue weighted by atomic mass is 32.2. The molecule has 0 aliphatic carbocycles. The number of nitrogens with one attached hydrogen (secondary N) is 2. The number of methoxy groups -OCH3 is 1. The molecule has 1 fully saturated rings. The van der Waals surface area contributed by atoms with Crippen molar-refractivity contribution in [3.8, 4) is 5.75 Å². The summed E-state index contributed by atoms with van der Waals surface area (Å²) in [6.07, 6.45) is 0.821. The van der Waals surface area contributed by atoms with Crippen molar-refractivity contribution in [1.29, 1.82) is 0 Å². The topological polar surface area (TPSA) is 97.0 Å².